The van der Waals surface area contributed by atoms with Crippen molar-refractivity contribution in [1.29, 1.82) is 0 Å². The molecular formula is C23H28O. The number of aliphatic hydroxyl groups excluding tert-OH is 1. The SMILES string of the molecule is CC(=Cc1ccccc1)c1ccc2c(c1)C(C)(C)C(O)CC2(C)C. The molecule has 0 bridgehead atoms. The second-order valence-electron chi connectivity index (χ2n) is 8.32. The van der Waals surface area contributed by atoms with Crippen molar-refractivity contribution in [2.45, 2.75) is 58.0 Å². The highest BCUT2D eigenvalue weighted by molar-refractivity contribution is 5.80. The number of hydrogen-bond acceptors (Lipinski definition) is 1. The van der Waals surface area contributed by atoms with Gasteiger partial charge in [0.15, 0.2) is 0 Å². The number of allylic oxidation sites excluding steroid dienone is 1. The monoisotopic (exact) mass is 320 g/mol. The molecule has 0 radical (unpaired) electrons. The smallest absolute Gasteiger partial charge is 0.0639 e. The molecule has 0 aromatic heterocycles. The van der Waals surface area contributed by atoms with Gasteiger partial charge in [-0.1, -0.05) is 82.3 Å². The van der Waals surface area contributed by atoms with Gasteiger partial charge in [0.1, 0.15) is 0 Å². The Balaban J connectivity index is 2.08. The highest BCUT2D eigenvalue weighted by Crippen LogP contribution is 2.46. The maximum absolute atomic E-state index is 10.7. The summed E-state index contributed by atoms with van der Waals surface area (Å²) in [6.45, 7) is 10.9. The van der Waals surface area contributed by atoms with Crippen LogP contribution in [0.3, 0.4) is 0 Å². The predicted octanol–water partition coefficient (Wildman–Crippen LogP) is 5.57. The third-order valence-corrected chi connectivity index (χ3v) is 5.62. The Morgan fingerprint density at radius 1 is 1.00 bits per heavy atom. The maximum atomic E-state index is 10.7. The molecule has 0 aliphatic heterocycles. The fraction of sp³-hybridized carbons (Fsp3) is 0.391. The molecule has 0 heterocycles. The standard InChI is InChI=1S/C23H28O/c1-16(13-17-9-7-6-8-10-17)18-11-12-19-20(14-18)23(4,5)21(24)15-22(19,2)3/h6-14,21,24H,15H2,1-5H3. The lowest BCUT2D eigenvalue weighted by Gasteiger charge is -2.45. The summed E-state index contributed by atoms with van der Waals surface area (Å²) in [7, 11) is 0. The molecule has 1 unspecified atom stereocenters. The van der Waals surface area contributed by atoms with Gasteiger partial charge in [0.2, 0.25) is 0 Å². The molecule has 1 nitrogen and oxygen atoms in total. The van der Waals surface area contributed by atoms with Gasteiger partial charge in [0.25, 0.3) is 0 Å². The highest BCUT2D eigenvalue weighted by Gasteiger charge is 2.43. The summed E-state index contributed by atoms with van der Waals surface area (Å²) in [6.07, 6.45) is 2.72. The molecule has 1 aliphatic rings. The number of aliphatic hydroxyl groups is 1. The Bertz CT molecular complexity index is 766. The van der Waals surface area contributed by atoms with Crippen molar-refractivity contribution in [3.8, 4) is 0 Å². The fourth-order valence-electron chi connectivity index (χ4n) is 3.82. The van der Waals surface area contributed by atoms with E-state index in [0.29, 0.717) is 0 Å². The van der Waals surface area contributed by atoms with Crippen LogP contribution in [0.4, 0.5) is 0 Å². The second kappa shape index (κ2) is 5.89. The number of hydrogen-bond donors (Lipinski definition) is 1. The third kappa shape index (κ3) is 2.93. The van der Waals surface area contributed by atoms with Crippen LogP contribution in [0.5, 0.6) is 0 Å². The molecule has 0 spiro atoms. The van der Waals surface area contributed by atoms with E-state index in [4.69, 9.17) is 0 Å². The normalized spacial score (nSPS) is 22.1. The number of benzene rings is 2. The molecule has 0 saturated heterocycles. The maximum Gasteiger partial charge on any atom is 0.0639 e. The van der Waals surface area contributed by atoms with Crippen LogP contribution in [0.2, 0.25) is 0 Å². The molecule has 126 valence electrons. The Hall–Kier alpha value is -1.86. The highest BCUT2D eigenvalue weighted by atomic mass is 16.3. The van der Waals surface area contributed by atoms with E-state index in [0.717, 1.165) is 6.42 Å². The quantitative estimate of drug-likeness (QED) is 0.718. The van der Waals surface area contributed by atoms with Crippen LogP contribution in [-0.4, -0.2) is 11.2 Å². The molecule has 1 N–H and O–H groups in total. The molecule has 1 heteroatoms. The minimum Gasteiger partial charge on any atom is -0.392 e. The first-order chi connectivity index (χ1) is 11.2. The van der Waals surface area contributed by atoms with E-state index in [2.05, 4.69) is 83.2 Å². The molecule has 1 atom stereocenters. The van der Waals surface area contributed by atoms with Gasteiger partial charge in [0.05, 0.1) is 6.10 Å². The lowest BCUT2D eigenvalue weighted by Crippen LogP contribution is -2.45. The lowest BCUT2D eigenvalue weighted by molar-refractivity contribution is 0.0583. The average molecular weight is 320 g/mol. The molecule has 0 saturated carbocycles. The molecule has 0 amide bonds. The summed E-state index contributed by atoms with van der Waals surface area (Å²) < 4.78 is 0. The minimum atomic E-state index is -0.311. The van der Waals surface area contributed by atoms with Gasteiger partial charge in [-0.15, -0.1) is 0 Å². The van der Waals surface area contributed by atoms with Crippen LogP contribution in [0.1, 0.15) is 63.3 Å². The zero-order valence-electron chi connectivity index (χ0n) is 15.4. The summed E-state index contributed by atoms with van der Waals surface area (Å²) in [5.74, 6) is 0. The van der Waals surface area contributed by atoms with Crippen molar-refractivity contribution in [2.24, 2.45) is 0 Å². The summed E-state index contributed by atoms with van der Waals surface area (Å²) in [5.41, 5.74) is 6.15. The van der Waals surface area contributed by atoms with E-state index in [1.165, 1.54) is 27.8 Å². The Morgan fingerprint density at radius 3 is 2.33 bits per heavy atom. The van der Waals surface area contributed by atoms with Gasteiger partial charge >= 0.3 is 0 Å². The Morgan fingerprint density at radius 2 is 1.67 bits per heavy atom. The first-order valence-electron chi connectivity index (χ1n) is 8.78. The van der Waals surface area contributed by atoms with Crippen LogP contribution in [0.25, 0.3) is 11.6 Å². The molecule has 0 fully saturated rings. The van der Waals surface area contributed by atoms with E-state index in [1.54, 1.807) is 0 Å². The van der Waals surface area contributed by atoms with E-state index in [-0.39, 0.29) is 16.9 Å². The van der Waals surface area contributed by atoms with E-state index in [1.807, 2.05) is 6.07 Å². The van der Waals surface area contributed by atoms with Gasteiger partial charge in [0, 0.05) is 5.41 Å². The van der Waals surface area contributed by atoms with Gasteiger partial charge in [-0.2, -0.15) is 0 Å². The van der Waals surface area contributed by atoms with E-state index in [9.17, 15) is 5.11 Å². The summed E-state index contributed by atoms with van der Waals surface area (Å²) in [4.78, 5) is 0. The molecule has 3 rings (SSSR count). The van der Waals surface area contributed by atoms with Crippen LogP contribution in [0.15, 0.2) is 48.5 Å². The van der Waals surface area contributed by atoms with Crippen molar-refractivity contribution < 1.29 is 5.11 Å². The van der Waals surface area contributed by atoms with Gasteiger partial charge < -0.3 is 5.11 Å². The first kappa shape index (κ1) is 17.0. The molecule has 2 aromatic carbocycles. The largest absolute Gasteiger partial charge is 0.392 e. The third-order valence-electron chi connectivity index (χ3n) is 5.62. The summed E-state index contributed by atoms with van der Waals surface area (Å²) in [6, 6.07) is 17.2. The topological polar surface area (TPSA) is 20.2 Å². The Labute approximate surface area is 146 Å². The predicted molar refractivity (Wildman–Crippen MR) is 103 cm³/mol. The van der Waals surface area contributed by atoms with Crippen molar-refractivity contribution >= 4 is 11.6 Å². The minimum absolute atomic E-state index is 0.0137. The average Bonchev–Trinajstić information content (AvgIpc) is 2.53. The summed E-state index contributed by atoms with van der Waals surface area (Å²) in [5, 5.41) is 10.7. The van der Waals surface area contributed by atoms with Crippen LogP contribution < -0.4 is 0 Å². The van der Waals surface area contributed by atoms with Crippen molar-refractivity contribution in [3.05, 3.63) is 70.8 Å². The summed E-state index contributed by atoms with van der Waals surface area (Å²) >= 11 is 0. The van der Waals surface area contributed by atoms with Gasteiger partial charge in [-0.05, 0) is 46.6 Å². The van der Waals surface area contributed by atoms with Gasteiger partial charge in [-0.25, -0.2) is 0 Å². The second-order valence-corrected chi connectivity index (χ2v) is 8.32. The number of rotatable bonds is 2. The van der Waals surface area contributed by atoms with Crippen LogP contribution >= 0.6 is 0 Å². The van der Waals surface area contributed by atoms with Crippen molar-refractivity contribution in [3.63, 3.8) is 0 Å². The van der Waals surface area contributed by atoms with E-state index >= 15 is 0 Å². The van der Waals surface area contributed by atoms with E-state index < -0.39 is 0 Å². The lowest BCUT2D eigenvalue weighted by atomic mass is 9.61. The van der Waals surface area contributed by atoms with Crippen molar-refractivity contribution in [1.82, 2.24) is 0 Å². The number of fused-ring (bicyclic) bond motifs is 1. The molecule has 1 aliphatic carbocycles. The molecule has 24 heavy (non-hydrogen) atoms. The zero-order valence-corrected chi connectivity index (χ0v) is 15.4. The Kier molecular flexibility index (Phi) is 4.17. The molecular weight excluding hydrogens is 292 g/mol. The zero-order chi connectivity index (χ0) is 17.5. The fourth-order valence-corrected chi connectivity index (χ4v) is 3.82. The molecule has 2 aromatic rings. The van der Waals surface area contributed by atoms with Crippen LogP contribution in [-0.2, 0) is 10.8 Å². The van der Waals surface area contributed by atoms with Crippen LogP contribution in [0, 0.1) is 0 Å². The van der Waals surface area contributed by atoms with Crippen molar-refractivity contribution in [2.75, 3.05) is 0 Å². The first-order valence-corrected chi connectivity index (χ1v) is 8.78. The van der Waals surface area contributed by atoms with Gasteiger partial charge in [-0.3, -0.25) is 0 Å².